The van der Waals surface area contributed by atoms with Gasteiger partial charge in [0.25, 0.3) is 0 Å². The number of hydrogen-bond acceptors (Lipinski definition) is 3. The summed E-state index contributed by atoms with van der Waals surface area (Å²) in [6.45, 7) is 8.43. The molecule has 36 heavy (non-hydrogen) atoms. The number of rotatable bonds is 12. The lowest BCUT2D eigenvalue weighted by molar-refractivity contribution is -0.141. The standard InChI is InChI=1S/C31H46F2O3/c1-5-6-7-8-26-17-18-28(30(33)29(26)32)25-15-13-23(14-16-25)22-9-11-24(12-10-22)27(19-35-4)20-36-31(34)21(2)3/h17-18,22-25,27H,2,5-16,19-20H2,1,3-4H3. The van der Waals surface area contributed by atoms with E-state index in [1.807, 2.05) is 12.1 Å². The van der Waals surface area contributed by atoms with Crippen LogP contribution in [0.3, 0.4) is 0 Å². The summed E-state index contributed by atoms with van der Waals surface area (Å²) < 4.78 is 40.5. The molecule has 5 heteroatoms. The molecule has 0 saturated heterocycles. The van der Waals surface area contributed by atoms with Crippen LogP contribution in [-0.4, -0.2) is 26.3 Å². The molecule has 0 amide bonds. The average Bonchev–Trinajstić information content (AvgIpc) is 2.89. The van der Waals surface area contributed by atoms with E-state index in [0.717, 1.165) is 57.8 Å². The lowest BCUT2D eigenvalue weighted by atomic mass is 9.67. The molecule has 0 N–H and O–H groups in total. The quantitative estimate of drug-likeness (QED) is 0.164. The molecule has 0 radical (unpaired) electrons. The Balaban J connectivity index is 1.48. The van der Waals surface area contributed by atoms with E-state index in [0.29, 0.717) is 54.1 Å². The second kappa shape index (κ2) is 14.3. The Bertz CT molecular complexity index is 852. The Hall–Kier alpha value is -1.75. The number of halogens is 2. The van der Waals surface area contributed by atoms with Crippen LogP contribution >= 0.6 is 0 Å². The molecule has 1 aromatic carbocycles. The number of benzene rings is 1. The zero-order chi connectivity index (χ0) is 26.1. The maximum atomic E-state index is 14.9. The summed E-state index contributed by atoms with van der Waals surface area (Å²) in [5.41, 5.74) is 1.54. The van der Waals surface area contributed by atoms with Gasteiger partial charge in [0, 0.05) is 18.6 Å². The molecule has 2 aliphatic carbocycles. The number of carbonyl (C=O) groups excluding carboxylic acids is 1. The molecular weight excluding hydrogens is 458 g/mol. The normalized spacial score (nSPS) is 25.4. The van der Waals surface area contributed by atoms with Crippen molar-refractivity contribution >= 4 is 5.97 Å². The summed E-state index contributed by atoms with van der Waals surface area (Å²) in [7, 11) is 1.70. The average molecular weight is 505 g/mol. The molecule has 0 heterocycles. The van der Waals surface area contributed by atoms with E-state index < -0.39 is 11.6 Å². The van der Waals surface area contributed by atoms with Crippen LogP contribution in [0, 0.1) is 35.3 Å². The van der Waals surface area contributed by atoms with Crippen LogP contribution in [0.4, 0.5) is 8.78 Å². The van der Waals surface area contributed by atoms with Gasteiger partial charge in [-0.25, -0.2) is 13.6 Å². The fraction of sp³-hybridized carbons (Fsp3) is 0.710. The largest absolute Gasteiger partial charge is 0.462 e. The predicted octanol–water partition coefficient (Wildman–Crippen LogP) is 8.16. The third-order valence-electron chi connectivity index (χ3n) is 8.76. The van der Waals surface area contributed by atoms with Crippen molar-refractivity contribution < 1.29 is 23.0 Å². The Labute approximate surface area is 217 Å². The van der Waals surface area contributed by atoms with E-state index in [4.69, 9.17) is 9.47 Å². The number of ether oxygens (including phenoxy) is 2. The minimum absolute atomic E-state index is 0.130. The van der Waals surface area contributed by atoms with Gasteiger partial charge < -0.3 is 9.47 Å². The van der Waals surface area contributed by atoms with Crippen molar-refractivity contribution in [3.05, 3.63) is 47.0 Å². The topological polar surface area (TPSA) is 35.5 Å². The molecule has 0 spiro atoms. The first-order valence-electron chi connectivity index (χ1n) is 14.1. The van der Waals surface area contributed by atoms with E-state index >= 15 is 0 Å². The third-order valence-corrected chi connectivity index (χ3v) is 8.76. The van der Waals surface area contributed by atoms with Gasteiger partial charge in [-0.3, -0.25) is 0 Å². The van der Waals surface area contributed by atoms with Crippen molar-refractivity contribution in [2.75, 3.05) is 20.3 Å². The summed E-state index contributed by atoms with van der Waals surface area (Å²) >= 11 is 0. The molecule has 0 aromatic heterocycles. The van der Waals surface area contributed by atoms with Crippen LogP contribution in [0.5, 0.6) is 0 Å². The summed E-state index contributed by atoms with van der Waals surface area (Å²) in [4.78, 5) is 11.8. The number of hydrogen-bond donors (Lipinski definition) is 0. The number of aryl methyl sites for hydroxylation is 1. The second-order valence-corrected chi connectivity index (χ2v) is 11.3. The number of unbranched alkanes of at least 4 members (excludes halogenated alkanes) is 2. The first-order valence-corrected chi connectivity index (χ1v) is 14.1. The third kappa shape index (κ3) is 7.63. The summed E-state index contributed by atoms with van der Waals surface area (Å²) in [5.74, 6) is 0.667. The highest BCUT2D eigenvalue weighted by Gasteiger charge is 2.34. The maximum Gasteiger partial charge on any atom is 0.333 e. The maximum absolute atomic E-state index is 14.9. The Morgan fingerprint density at radius 2 is 1.61 bits per heavy atom. The minimum atomic E-state index is -0.622. The molecule has 0 aliphatic heterocycles. The highest BCUT2D eigenvalue weighted by Crippen LogP contribution is 2.45. The molecule has 2 fully saturated rings. The van der Waals surface area contributed by atoms with Gasteiger partial charge in [0.15, 0.2) is 11.6 Å². The van der Waals surface area contributed by atoms with E-state index in [1.165, 1.54) is 12.8 Å². The van der Waals surface area contributed by atoms with Crippen LogP contribution in [0.2, 0.25) is 0 Å². The molecule has 2 aliphatic rings. The van der Waals surface area contributed by atoms with Crippen LogP contribution < -0.4 is 0 Å². The Kier molecular flexibility index (Phi) is 11.4. The zero-order valence-electron chi connectivity index (χ0n) is 22.6. The summed E-state index contributed by atoms with van der Waals surface area (Å²) in [5, 5.41) is 0. The lowest BCUT2D eigenvalue weighted by Crippen LogP contribution is -2.32. The zero-order valence-corrected chi connectivity index (χ0v) is 22.6. The SMILES string of the molecule is C=C(C)C(=O)OCC(COC)C1CCC(C2CCC(c3ccc(CCCCC)c(F)c3F)CC2)CC1. The highest BCUT2D eigenvalue weighted by molar-refractivity contribution is 5.86. The number of carbonyl (C=O) groups is 1. The molecule has 0 bridgehead atoms. The van der Waals surface area contributed by atoms with Crippen molar-refractivity contribution in [2.45, 2.75) is 96.8 Å². The summed E-state index contributed by atoms with van der Waals surface area (Å²) in [6, 6.07) is 3.67. The minimum Gasteiger partial charge on any atom is -0.462 e. The Morgan fingerprint density at radius 1 is 0.972 bits per heavy atom. The lowest BCUT2D eigenvalue weighted by Gasteiger charge is -2.39. The Morgan fingerprint density at radius 3 is 2.19 bits per heavy atom. The second-order valence-electron chi connectivity index (χ2n) is 11.3. The van der Waals surface area contributed by atoms with E-state index in [1.54, 1.807) is 14.0 Å². The van der Waals surface area contributed by atoms with Crippen LogP contribution in [0.15, 0.2) is 24.3 Å². The van der Waals surface area contributed by atoms with Gasteiger partial charge in [-0.2, -0.15) is 0 Å². The summed E-state index contributed by atoms with van der Waals surface area (Å²) in [6.07, 6.45) is 12.3. The molecule has 1 atom stereocenters. The highest BCUT2D eigenvalue weighted by atomic mass is 19.2. The molecule has 202 valence electrons. The van der Waals surface area contributed by atoms with E-state index in [2.05, 4.69) is 13.5 Å². The fourth-order valence-electron chi connectivity index (χ4n) is 6.51. The van der Waals surface area contributed by atoms with Gasteiger partial charge in [0.1, 0.15) is 0 Å². The van der Waals surface area contributed by atoms with Gasteiger partial charge in [0.05, 0.1) is 13.2 Å². The van der Waals surface area contributed by atoms with Crippen LogP contribution in [0.1, 0.15) is 102 Å². The number of methoxy groups -OCH3 is 1. The van der Waals surface area contributed by atoms with Crippen molar-refractivity contribution in [3.63, 3.8) is 0 Å². The van der Waals surface area contributed by atoms with Crippen molar-refractivity contribution in [1.82, 2.24) is 0 Å². The van der Waals surface area contributed by atoms with E-state index in [-0.39, 0.29) is 17.8 Å². The molecular formula is C31H46F2O3. The first-order chi connectivity index (χ1) is 17.3. The van der Waals surface area contributed by atoms with Crippen LogP contribution in [0.25, 0.3) is 0 Å². The number of esters is 1. The van der Waals surface area contributed by atoms with Gasteiger partial charge in [-0.05, 0) is 106 Å². The molecule has 3 nitrogen and oxygen atoms in total. The van der Waals surface area contributed by atoms with Gasteiger partial charge in [0.2, 0.25) is 0 Å². The molecule has 3 rings (SSSR count). The predicted molar refractivity (Wildman–Crippen MR) is 141 cm³/mol. The monoisotopic (exact) mass is 504 g/mol. The molecule has 2 saturated carbocycles. The van der Waals surface area contributed by atoms with Gasteiger partial charge in [-0.15, -0.1) is 0 Å². The van der Waals surface area contributed by atoms with Crippen molar-refractivity contribution in [2.24, 2.45) is 23.7 Å². The van der Waals surface area contributed by atoms with Gasteiger partial charge >= 0.3 is 5.97 Å². The van der Waals surface area contributed by atoms with Gasteiger partial charge in [-0.1, -0.05) is 38.5 Å². The fourth-order valence-corrected chi connectivity index (χ4v) is 6.51. The first kappa shape index (κ1) is 28.8. The van der Waals surface area contributed by atoms with Crippen molar-refractivity contribution in [1.29, 1.82) is 0 Å². The van der Waals surface area contributed by atoms with Crippen LogP contribution in [-0.2, 0) is 20.7 Å². The van der Waals surface area contributed by atoms with E-state index in [9.17, 15) is 13.6 Å². The van der Waals surface area contributed by atoms with Crippen molar-refractivity contribution in [3.8, 4) is 0 Å². The molecule has 1 aromatic rings. The smallest absolute Gasteiger partial charge is 0.333 e. The molecule has 1 unspecified atom stereocenters.